The van der Waals surface area contributed by atoms with E-state index in [1.54, 1.807) is 6.07 Å². The van der Waals surface area contributed by atoms with Crippen LogP contribution in [0.2, 0.25) is 0 Å². The molecule has 3 N–H and O–H groups in total. The van der Waals surface area contributed by atoms with E-state index >= 15 is 0 Å². The molecule has 0 spiro atoms. The maximum atomic E-state index is 12.3. The zero-order valence-electron chi connectivity index (χ0n) is 13.7. The van der Waals surface area contributed by atoms with Gasteiger partial charge in [0.05, 0.1) is 6.21 Å². The molecule has 0 heterocycles. The van der Waals surface area contributed by atoms with Crippen LogP contribution in [0.4, 0.5) is 0 Å². The van der Waals surface area contributed by atoms with E-state index in [1.807, 2.05) is 0 Å². The van der Waals surface area contributed by atoms with Crippen LogP contribution in [0.1, 0.15) is 50.5 Å². The Labute approximate surface area is 141 Å². The molecule has 0 saturated heterocycles. The van der Waals surface area contributed by atoms with Gasteiger partial charge in [0.25, 0.3) is 0 Å². The molecule has 4 fully saturated rings. The molecule has 0 aliphatic heterocycles. The zero-order chi connectivity index (χ0) is 16.7. The number of hydrogen-bond acceptors (Lipinski definition) is 4. The summed E-state index contributed by atoms with van der Waals surface area (Å²) in [5, 5.41) is 22.9. The van der Waals surface area contributed by atoms with Gasteiger partial charge >= 0.3 is 0 Å². The molecule has 4 bridgehead atoms. The van der Waals surface area contributed by atoms with Crippen LogP contribution in [0.15, 0.2) is 23.3 Å². The molecule has 1 aromatic carbocycles. The number of nitrogens with zero attached hydrogens (tertiary/aromatic N) is 1. The third-order valence-electron chi connectivity index (χ3n) is 6.11. The standard InChI is InChI=1S/C19H24N2O3/c22-16-2-1-15(17(23)6-16)11-20-21-18(24)10-19-7-12-3-13(8-19)5-14(4-12)9-19/h1-2,6,11-14,22-23H,3-5,7-10H2,(H,21,24). The molecule has 0 unspecified atom stereocenters. The van der Waals surface area contributed by atoms with Gasteiger partial charge in [-0.15, -0.1) is 0 Å². The number of phenolic OH excluding ortho intramolecular Hbond substituents is 2. The van der Waals surface area contributed by atoms with Gasteiger partial charge < -0.3 is 10.2 Å². The Balaban J connectivity index is 1.36. The van der Waals surface area contributed by atoms with Crippen LogP contribution in [0.3, 0.4) is 0 Å². The van der Waals surface area contributed by atoms with Crippen molar-refractivity contribution in [3.63, 3.8) is 0 Å². The maximum absolute atomic E-state index is 12.3. The minimum absolute atomic E-state index is 0.00416. The second-order valence-corrected chi connectivity index (χ2v) is 8.13. The molecule has 0 radical (unpaired) electrons. The van der Waals surface area contributed by atoms with Crippen LogP contribution in [-0.4, -0.2) is 22.3 Å². The Bertz CT molecular complexity index is 648. The molecule has 128 valence electrons. The summed E-state index contributed by atoms with van der Waals surface area (Å²) in [7, 11) is 0. The van der Waals surface area contributed by atoms with Crippen LogP contribution >= 0.6 is 0 Å². The lowest BCUT2D eigenvalue weighted by Gasteiger charge is -2.56. The number of carbonyl (C=O) groups excluding carboxylic acids is 1. The normalized spacial score (nSPS) is 33.9. The Kier molecular flexibility index (Phi) is 3.74. The minimum Gasteiger partial charge on any atom is -0.508 e. The lowest BCUT2D eigenvalue weighted by molar-refractivity contribution is -0.129. The molecule has 0 atom stereocenters. The Morgan fingerprint density at radius 1 is 1.17 bits per heavy atom. The van der Waals surface area contributed by atoms with Crippen LogP contribution in [0, 0.1) is 23.2 Å². The van der Waals surface area contributed by atoms with Gasteiger partial charge in [0.1, 0.15) is 11.5 Å². The molecule has 5 rings (SSSR count). The van der Waals surface area contributed by atoms with Crippen LogP contribution in [0.25, 0.3) is 0 Å². The highest BCUT2D eigenvalue weighted by atomic mass is 16.3. The molecule has 1 amide bonds. The number of hydrazone groups is 1. The van der Waals surface area contributed by atoms with Crippen molar-refractivity contribution in [3.05, 3.63) is 23.8 Å². The van der Waals surface area contributed by atoms with E-state index in [1.165, 1.54) is 56.9 Å². The molecular weight excluding hydrogens is 304 g/mol. The zero-order valence-corrected chi connectivity index (χ0v) is 13.7. The van der Waals surface area contributed by atoms with Crippen molar-refractivity contribution in [2.24, 2.45) is 28.3 Å². The third kappa shape index (κ3) is 2.99. The first-order chi connectivity index (χ1) is 11.5. The van der Waals surface area contributed by atoms with E-state index in [0.29, 0.717) is 12.0 Å². The lowest BCUT2D eigenvalue weighted by Crippen LogP contribution is -2.47. The average Bonchev–Trinajstić information content (AvgIpc) is 2.47. The van der Waals surface area contributed by atoms with Gasteiger partial charge in [-0.1, -0.05) is 0 Å². The van der Waals surface area contributed by atoms with Gasteiger partial charge in [-0.25, -0.2) is 5.43 Å². The topological polar surface area (TPSA) is 81.9 Å². The molecule has 24 heavy (non-hydrogen) atoms. The minimum atomic E-state index is -0.0610. The molecule has 1 aromatic rings. The van der Waals surface area contributed by atoms with Crippen molar-refractivity contribution in [2.75, 3.05) is 0 Å². The Morgan fingerprint density at radius 2 is 1.79 bits per heavy atom. The van der Waals surface area contributed by atoms with Crippen LogP contribution in [0.5, 0.6) is 11.5 Å². The van der Waals surface area contributed by atoms with Gasteiger partial charge in [0.2, 0.25) is 5.91 Å². The van der Waals surface area contributed by atoms with Gasteiger partial charge in [0.15, 0.2) is 0 Å². The first-order valence-electron chi connectivity index (χ1n) is 8.85. The van der Waals surface area contributed by atoms with E-state index < -0.39 is 0 Å². The molecular formula is C19H24N2O3. The summed E-state index contributed by atoms with van der Waals surface area (Å²) >= 11 is 0. The first kappa shape index (κ1) is 15.5. The second kappa shape index (κ2) is 5.80. The largest absolute Gasteiger partial charge is 0.508 e. The SMILES string of the molecule is O=C(CC12CC3CC(CC(C3)C1)C2)NN=Cc1ccc(O)cc1O. The van der Waals surface area contributed by atoms with E-state index in [4.69, 9.17) is 0 Å². The fourth-order valence-electron chi connectivity index (χ4n) is 5.70. The summed E-state index contributed by atoms with van der Waals surface area (Å²) in [6, 6.07) is 4.27. The highest BCUT2D eigenvalue weighted by Gasteiger charge is 2.51. The van der Waals surface area contributed by atoms with Crippen molar-refractivity contribution in [1.29, 1.82) is 0 Å². The van der Waals surface area contributed by atoms with Crippen LogP contribution < -0.4 is 5.43 Å². The number of phenols is 2. The molecule has 4 aliphatic carbocycles. The number of benzene rings is 1. The Morgan fingerprint density at radius 3 is 2.38 bits per heavy atom. The smallest absolute Gasteiger partial charge is 0.240 e. The van der Waals surface area contributed by atoms with Crippen molar-refractivity contribution in [1.82, 2.24) is 5.43 Å². The summed E-state index contributed by atoms with van der Waals surface area (Å²) in [5.74, 6) is 2.40. The highest BCUT2D eigenvalue weighted by molar-refractivity contribution is 5.85. The monoisotopic (exact) mass is 328 g/mol. The number of rotatable bonds is 4. The summed E-state index contributed by atoms with van der Waals surface area (Å²) in [4.78, 5) is 12.3. The predicted molar refractivity (Wildman–Crippen MR) is 90.7 cm³/mol. The van der Waals surface area contributed by atoms with E-state index in [9.17, 15) is 15.0 Å². The van der Waals surface area contributed by atoms with Gasteiger partial charge in [-0.2, -0.15) is 5.10 Å². The van der Waals surface area contributed by atoms with E-state index in [0.717, 1.165) is 17.8 Å². The number of amides is 1. The van der Waals surface area contributed by atoms with Gasteiger partial charge in [0, 0.05) is 18.1 Å². The maximum Gasteiger partial charge on any atom is 0.240 e. The number of nitrogens with one attached hydrogen (secondary N) is 1. The van der Waals surface area contributed by atoms with Crippen molar-refractivity contribution < 1.29 is 15.0 Å². The average molecular weight is 328 g/mol. The molecule has 4 aliphatic rings. The second-order valence-electron chi connectivity index (χ2n) is 8.13. The molecule has 5 heteroatoms. The molecule has 5 nitrogen and oxygen atoms in total. The quantitative estimate of drug-likeness (QED) is 0.586. The predicted octanol–water partition coefficient (Wildman–Crippen LogP) is 3.15. The van der Waals surface area contributed by atoms with Gasteiger partial charge in [-0.3, -0.25) is 4.79 Å². The third-order valence-corrected chi connectivity index (χ3v) is 6.11. The van der Waals surface area contributed by atoms with Crippen molar-refractivity contribution in [2.45, 2.75) is 44.9 Å². The summed E-state index contributed by atoms with van der Waals surface area (Å²) in [5.41, 5.74) is 3.27. The lowest BCUT2D eigenvalue weighted by atomic mass is 9.49. The van der Waals surface area contributed by atoms with Gasteiger partial charge in [-0.05, 0) is 73.8 Å². The van der Waals surface area contributed by atoms with E-state index in [-0.39, 0.29) is 22.8 Å². The summed E-state index contributed by atoms with van der Waals surface area (Å²) in [6.45, 7) is 0. The molecule has 0 aromatic heterocycles. The summed E-state index contributed by atoms with van der Waals surface area (Å²) in [6.07, 6.45) is 9.71. The highest BCUT2D eigenvalue weighted by Crippen LogP contribution is 2.61. The Hall–Kier alpha value is -2.04. The first-order valence-corrected chi connectivity index (χ1v) is 8.85. The molecule has 4 saturated carbocycles. The fourth-order valence-corrected chi connectivity index (χ4v) is 5.70. The van der Waals surface area contributed by atoms with Crippen molar-refractivity contribution in [3.8, 4) is 11.5 Å². The number of aromatic hydroxyl groups is 2. The summed E-state index contributed by atoms with van der Waals surface area (Å²) < 4.78 is 0. The van der Waals surface area contributed by atoms with Crippen molar-refractivity contribution >= 4 is 12.1 Å². The van der Waals surface area contributed by atoms with E-state index in [2.05, 4.69) is 10.5 Å². The number of hydrogen-bond donors (Lipinski definition) is 3. The van der Waals surface area contributed by atoms with Crippen LogP contribution in [-0.2, 0) is 4.79 Å². The fraction of sp³-hybridized carbons (Fsp3) is 0.579. The number of carbonyl (C=O) groups is 1.